The van der Waals surface area contributed by atoms with E-state index in [9.17, 15) is 4.79 Å². The van der Waals surface area contributed by atoms with E-state index < -0.39 is 0 Å². The van der Waals surface area contributed by atoms with Gasteiger partial charge in [-0.1, -0.05) is 44.2 Å². The summed E-state index contributed by atoms with van der Waals surface area (Å²) in [7, 11) is 0. The quantitative estimate of drug-likeness (QED) is 0.805. The van der Waals surface area contributed by atoms with Crippen LogP contribution in [-0.2, 0) is 11.3 Å². The molecule has 0 radical (unpaired) electrons. The average molecular weight is 287 g/mol. The minimum Gasteiger partial charge on any atom is -0.299 e. The molecule has 0 saturated heterocycles. The van der Waals surface area contributed by atoms with E-state index in [1.165, 1.54) is 5.56 Å². The van der Waals surface area contributed by atoms with Crippen LogP contribution in [0.2, 0.25) is 0 Å². The number of nitrogens with zero attached hydrogens (tertiary/aromatic N) is 1. The number of hydrogen-bond donors (Lipinski definition) is 0. The van der Waals surface area contributed by atoms with Gasteiger partial charge in [-0.2, -0.15) is 0 Å². The number of carbonyl (C=O) groups is 1. The summed E-state index contributed by atoms with van der Waals surface area (Å²) in [6, 6.07) is 11.0. The van der Waals surface area contributed by atoms with Crippen LogP contribution in [0.15, 0.2) is 30.3 Å². The molecule has 2 heteroatoms. The Morgan fingerprint density at radius 1 is 1.24 bits per heavy atom. The molecule has 1 fully saturated rings. The minimum absolute atomic E-state index is 0.208. The predicted octanol–water partition coefficient (Wildman–Crippen LogP) is 4.29. The summed E-state index contributed by atoms with van der Waals surface area (Å²) in [4.78, 5) is 14.7. The molecule has 2 rings (SSSR count). The van der Waals surface area contributed by atoms with Crippen molar-refractivity contribution in [1.29, 1.82) is 0 Å². The Hall–Kier alpha value is -1.15. The van der Waals surface area contributed by atoms with Crippen LogP contribution in [0, 0.1) is 11.3 Å². The molecule has 1 unspecified atom stereocenters. The van der Waals surface area contributed by atoms with Crippen LogP contribution in [0.3, 0.4) is 0 Å². The third-order valence-corrected chi connectivity index (χ3v) is 4.72. The molecule has 1 saturated carbocycles. The van der Waals surface area contributed by atoms with Crippen LogP contribution in [0.4, 0.5) is 0 Å². The maximum Gasteiger partial charge on any atom is 0.137 e. The SMILES string of the molecule is CC(C)N(Cc1ccccc1)CC1CC(C)(C)CCC1=O. The molecule has 1 atom stereocenters. The Labute approximate surface area is 129 Å². The van der Waals surface area contributed by atoms with E-state index >= 15 is 0 Å². The molecule has 0 amide bonds. The summed E-state index contributed by atoms with van der Waals surface area (Å²) in [6.45, 7) is 10.9. The van der Waals surface area contributed by atoms with Crippen molar-refractivity contribution in [3.63, 3.8) is 0 Å². The number of Topliss-reactive ketones (excluding diaryl/α,β-unsaturated/α-hetero) is 1. The molecule has 0 aromatic heterocycles. The highest BCUT2D eigenvalue weighted by Crippen LogP contribution is 2.37. The monoisotopic (exact) mass is 287 g/mol. The van der Waals surface area contributed by atoms with Gasteiger partial charge < -0.3 is 0 Å². The summed E-state index contributed by atoms with van der Waals surface area (Å²) < 4.78 is 0. The lowest BCUT2D eigenvalue weighted by molar-refractivity contribution is -0.128. The fraction of sp³-hybridized carbons (Fsp3) is 0.632. The zero-order chi connectivity index (χ0) is 15.5. The number of ketones is 1. The van der Waals surface area contributed by atoms with E-state index in [1.807, 2.05) is 0 Å². The van der Waals surface area contributed by atoms with E-state index in [0.717, 1.165) is 32.4 Å². The molecule has 116 valence electrons. The zero-order valence-corrected chi connectivity index (χ0v) is 13.9. The van der Waals surface area contributed by atoms with Crippen molar-refractivity contribution in [3.8, 4) is 0 Å². The summed E-state index contributed by atoms with van der Waals surface area (Å²) in [5, 5.41) is 0. The van der Waals surface area contributed by atoms with Gasteiger partial charge in [-0.05, 0) is 37.7 Å². The Morgan fingerprint density at radius 3 is 2.52 bits per heavy atom. The second kappa shape index (κ2) is 6.74. The molecule has 0 aliphatic heterocycles. The van der Waals surface area contributed by atoms with E-state index in [1.54, 1.807) is 0 Å². The Balaban J connectivity index is 2.04. The second-order valence-corrected chi connectivity index (χ2v) is 7.54. The van der Waals surface area contributed by atoms with Crippen LogP contribution in [0.25, 0.3) is 0 Å². The Kier molecular flexibility index (Phi) is 5.21. The van der Waals surface area contributed by atoms with Crippen molar-refractivity contribution < 1.29 is 4.79 Å². The summed E-state index contributed by atoms with van der Waals surface area (Å²) in [6.07, 6.45) is 2.83. The van der Waals surface area contributed by atoms with Crippen LogP contribution < -0.4 is 0 Å². The van der Waals surface area contributed by atoms with E-state index in [0.29, 0.717) is 17.2 Å². The van der Waals surface area contributed by atoms with E-state index in [-0.39, 0.29) is 5.92 Å². The first-order valence-electron chi connectivity index (χ1n) is 8.18. The molecule has 1 aromatic carbocycles. The Bertz CT molecular complexity index is 464. The number of benzene rings is 1. The molecule has 1 aliphatic rings. The van der Waals surface area contributed by atoms with Gasteiger partial charge in [0.2, 0.25) is 0 Å². The number of rotatable bonds is 5. The molecule has 0 bridgehead atoms. The van der Waals surface area contributed by atoms with Crippen molar-refractivity contribution in [2.45, 2.75) is 59.5 Å². The molecule has 0 N–H and O–H groups in total. The van der Waals surface area contributed by atoms with Gasteiger partial charge in [0.25, 0.3) is 0 Å². The van der Waals surface area contributed by atoms with Crippen LogP contribution in [0.5, 0.6) is 0 Å². The van der Waals surface area contributed by atoms with Gasteiger partial charge in [0, 0.05) is 31.5 Å². The van der Waals surface area contributed by atoms with Crippen LogP contribution in [0.1, 0.15) is 52.5 Å². The molecule has 2 nitrogen and oxygen atoms in total. The third kappa shape index (κ3) is 4.67. The lowest BCUT2D eigenvalue weighted by Crippen LogP contribution is -2.41. The first-order chi connectivity index (χ1) is 9.87. The normalized spacial score (nSPS) is 22.0. The standard InChI is InChI=1S/C19H29NO/c1-15(2)20(13-16-8-6-5-7-9-16)14-17-12-19(3,4)11-10-18(17)21/h5-9,15,17H,10-14H2,1-4H3. The van der Waals surface area contributed by atoms with Crippen molar-refractivity contribution in [2.24, 2.45) is 11.3 Å². The average Bonchev–Trinajstić information content (AvgIpc) is 2.43. The summed E-state index contributed by atoms with van der Waals surface area (Å²) >= 11 is 0. The molecule has 1 aliphatic carbocycles. The number of hydrogen-bond acceptors (Lipinski definition) is 2. The largest absolute Gasteiger partial charge is 0.299 e. The second-order valence-electron chi connectivity index (χ2n) is 7.54. The topological polar surface area (TPSA) is 20.3 Å². The highest BCUT2D eigenvalue weighted by molar-refractivity contribution is 5.82. The smallest absolute Gasteiger partial charge is 0.137 e. The molecular weight excluding hydrogens is 258 g/mol. The zero-order valence-electron chi connectivity index (χ0n) is 13.9. The molecule has 1 aromatic rings. The van der Waals surface area contributed by atoms with Crippen LogP contribution in [-0.4, -0.2) is 23.3 Å². The first-order valence-corrected chi connectivity index (χ1v) is 8.18. The van der Waals surface area contributed by atoms with Gasteiger partial charge in [0.15, 0.2) is 0 Å². The third-order valence-electron chi connectivity index (χ3n) is 4.72. The fourth-order valence-electron chi connectivity index (χ4n) is 3.27. The first kappa shape index (κ1) is 16.2. The maximum atomic E-state index is 12.3. The lowest BCUT2D eigenvalue weighted by Gasteiger charge is -2.38. The lowest BCUT2D eigenvalue weighted by atomic mass is 9.71. The predicted molar refractivity (Wildman–Crippen MR) is 88.1 cm³/mol. The summed E-state index contributed by atoms with van der Waals surface area (Å²) in [5.41, 5.74) is 1.64. The van der Waals surface area contributed by atoms with Crippen molar-refractivity contribution in [1.82, 2.24) is 4.90 Å². The van der Waals surface area contributed by atoms with Crippen molar-refractivity contribution >= 4 is 5.78 Å². The van der Waals surface area contributed by atoms with Crippen LogP contribution >= 0.6 is 0 Å². The van der Waals surface area contributed by atoms with Gasteiger partial charge in [-0.15, -0.1) is 0 Å². The maximum absolute atomic E-state index is 12.3. The molecular formula is C19H29NO. The van der Waals surface area contributed by atoms with E-state index in [2.05, 4.69) is 62.9 Å². The molecule has 0 spiro atoms. The molecule has 0 heterocycles. The van der Waals surface area contributed by atoms with Gasteiger partial charge in [0.05, 0.1) is 0 Å². The van der Waals surface area contributed by atoms with Gasteiger partial charge >= 0.3 is 0 Å². The van der Waals surface area contributed by atoms with E-state index in [4.69, 9.17) is 0 Å². The van der Waals surface area contributed by atoms with Crippen molar-refractivity contribution in [2.75, 3.05) is 6.54 Å². The highest BCUT2D eigenvalue weighted by atomic mass is 16.1. The fourth-order valence-corrected chi connectivity index (χ4v) is 3.27. The minimum atomic E-state index is 0.208. The van der Waals surface area contributed by atoms with Gasteiger partial charge in [-0.3, -0.25) is 9.69 Å². The molecule has 21 heavy (non-hydrogen) atoms. The number of carbonyl (C=O) groups excluding carboxylic acids is 1. The van der Waals surface area contributed by atoms with Gasteiger partial charge in [-0.25, -0.2) is 0 Å². The van der Waals surface area contributed by atoms with Gasteiger partial charge in [0.1, 0.15) is 5.78 Å². The Morgan fingerprint density at radius 2 is 1.90 bits per heavy atom. The van der Waals surface area contributed by atoms with Crippen molar-refractivity contribution in [3.05, 3.63) is 35.9 Å². The summed E-state index contributed by atoms with van der Waals surface area (Å²) in [5.74, 6) is 0.674. The highest BCUT2D eigenvalue weighted by Gasteiger charge is 2.34.